The molecule has 0 rings (SSSR count). The van der Waals surface area contributed by atoms with Crippen molar-refractivity contribution < 1.29 is 34.2 Å². The number of phosphoric acid groups is 1. The molecule has 7 nitrogen and oxygen atoms in total. The smallest absolute Gasteiger partial charge is 0.393 e. The van der Waals surface area contributed by atoms with E-state index >= 15 is 0 Å². The Kier molecular flexibility index (Phi) is 4.12. The third-order valence-electron chi connectivity index (χ3n) is 0.762. The molecule has 68 valence electrons. The van der Waals surface area contributed by atoms with Gasteiger partial charge in [0.05, 0.1) is 6.61 Å². The van der Waals surface area contributed by atoms with Crippen LogP contribution in [0.4, 0.5) is 0 Å². The Morgan fingerprint density at radius 1 is 1.36 bits per heavy atom. The summed E-state index contributed by atoms with van der Waals surface area (Å²) in [7, 11) is -4.81. The molecule has 2 atom stereocenters. The van der Waals surface area contributed by atoms with Crippen LogP contribution in [0.25, 0.3) is 0 Å². The largest absolute Gasteiger partial charge is 0.472 e. The van der Waals surface area contributed by atoms with Gasteiger partial charge in [-0.05, 0) is 0 Å². The van der Waals surface area contributed by atoms with E-state index in [4.69, 9.17) is 25.1 Å². The minimum atomic E-state index is -4.81. The molecule has 0 amide bonds. The van der Waals surface area contributed by atoms with Gasteiger partial charge in [-0.1, -0.05) is 0 Å². The third kappa shape index (κ3) is 5.28. The molecule has 0 aliphatic rings. The van der Waals surface area contributed by atoms with Gasteiger partial charge in [-0.25, -0.2) is 4.57 Å². The van der Waals surface area contributed by atoms with Crippen LogP contribution in [-0.4, -0.2) is 44.1 Å². The van der Waals surface area contributed by atoms with Crippen LogP contribution in [0.3, 0.4) is 0 Å². The summed E-state index contributed by atoms with van der Waals surface area (Å²) in [5.74, 6) is 0. The van der Waals surface area contributed by atoms with E-state index in [0.29, 0.717) is 0 Å². The number of aliphatic hydroxyl groups is 3. The van der Waals surface area contributed by atoms with Crippen molar-refractivity contribution >= 4 is 7.82 Å². The highest BCUT2D eigenvalue weighted by Crippen LogP contribution is 2.37. The second-order valence-electron chi connectivity index (χ2n) is 1.74. The van der Waals surface area contributed by atoms with Crippen LogP contribution < -0.4 is 0 Å². The molecule has 0 aliphatic heterocycles. The maximum atomic E-state index is 9.98. The number of aliphatic hydroxyl groups excluding tert-OH is 3. The molecule has 8 heteroatoms. The first-order valence-electron chi connectivity index (χ1n) is 2.58. The van der Waals surface area contributed by atoms with Gasteiger partial charge in [0.15, 0.2) is 6.29 Å². The zero-order valence-corrected chi connectivity index (χ0v) is 6.26. The highest BCUT2D eigenvalue weighted by molar-refractivity contribution is 7.46. The SMILES string of the molecule is O=P(O)(O)OC(O)C(O)CO. The topological polar surface area (TPSA) is 127 Å². The lowest BCUT2D eigenvalue weighted by Crippen LogP contribution is -2.30. The van der Waals surface area contributed by atoms with Crippen molar-refractivity contribution in [2.75, 3.05) is 6.61 Å². The molecule has 0 aromatic carbocycles. The first-order valence-corrected chi connectivity index (χ1v) is 4.11. The fraction of sp³-hybridized carbons (Fsp3) is 1.00. The van der Waals surface area contributed by atoms with Gasteiger partial charge in [0, 0.05) is 0 Å². The summed E-state index contributed by atoms with van der Waals surface area (Å²) in [5, 5.41) is 25.2. The van der Waals surface area contributed by atoms with Gasteiger partial charge in [0.1, 0.15) is 6.10 Å². The molecule has 0 aromatic heterocycles. The molecule has 0 saturated heterocycles. The summed E-state index contributed by atoms with van der Waals surface area (Å²) in [5.41, 5.74) is 0. The van der Waals surface area contributed by atoms with E-state index in [2.05, 4.69) is 4.52 Å². The zero-order chi connectivity index (χ0) is 9.07. The van der Waals surface area contributed by atoms with E-state index in [0.717, 1.165) is 0 Å². The Morgan fingerprint density at radius 3 is 2.09 bits per heavy atom. The average molecular weight is 188 g/mol. The highest BCUT2D eigenvalue weighted by atomic mass is 31.2. The number of rotatable bonds is 4. The van der Waals surface area contributed by atoms with Crippen LogP contribution in [-0.2, 0) is 9.09 Å². The second-order valence-corrected chi connectivity index (χ2v) is 2.93. The Balaban J connectivity index is 3.87. The molecule has 0 heterocycles. The molecular weight excluding hydrogens is 179 g/mol. The minimum Gasteiger partial charge on any atom is -0.393 e. The van der Waals surface area contributed by atoms with Gasteiger partial charge in [-0.3, -0.25) is 4.52 Å². The van der Waals surface area contributed by atoms with Crippen LogP contribution in [0.1, 0.15) is 0 Å². The molecule has 0 saturated carbocycles. The molecule has 0 radical (unpaired) electrons. The molecule has 0 bridgehead atoms. The summed E-state index contributed by atoms with van der Waals surface area (Å²) >= 11 is 0. The summed E-state index contributed by atoms with van der Waals surface area (Å²) in [4.78, 5) is 16.1. The Morgan fingerprint density at radius 2 is 1.82 bits per heavy atom. The van der Waals surface area contributed by atoms with Gasteiger partial charge < -0.3 is 25.1 Å². The van der Waals surface area contributed by atoms with Gasteiger partial charge >= 0.3 is 7.82 Å². The molecular formula is C3H9O7P. The summed E-state index contributed by atoms with van der Waals surface area (Å²) in [6, 6.07) is 0. The van der Waals surface area contributed by atoms with Gasteiger partial charge in [0.2, 0.25) is 0 Å². The van der Waals surface area contributed by atoms with Crippen molar-refractivity contribution in [1.29, 1.82) is 0 Å². The van der Waals surface area contributed by atoms with Crippen LogP contribution in [0.15, 0.2) is 0 Å². The van der Waals surface area contributed by atoms with Crippen molar-refractivity contribution in [3.63, 3.8) is 0 Å². The van der Waals surface area contributed by atoms with E-state index in [1.165, 1.54) is 0 Å². The fourth-order valence-corrected chi connectivity index (χ4v) is 0.723. The summed E-state index contributed by atoms with van der Waals surface area (Å²) < 4.78 is 13.6. The van der Waals surface area contributed by atoms with Gasteiger partial charge in [-0.15, -0.1) is 0 Å². The first-order chi connectivity index (χ1) is 4.87. The van der Waals surface area contributed by atoms with E-state index < -0.39 is 26.8 Å². The number of hydrogen-bond donors (Lipinski definition) is 5. The van der Waals surface area contributed by atoms with Crippen LogP contribution in [0, 0.1) is 0 Å². The van der Waals surface area contributed by atoms with Gasteiger partial charge in [-0.2, -0.15) is 0 Å². The third-order valence-corrected chi connectivity index (χ3v) is 1.25. The lowest BCUT2D eigenvalue weighted by molar-refractivity contribution is -0.127. The first kappa shape index (κ1) is 11.0. The quantitative estimate of drug-likeness (QED) is 0.249. The van der Waals surface area contributed by atoms with E-state index in [9.17, 15) is 4.57 Å². The van der Waals surface area contributed by atoms with Crippen molar-refractivity contribution in [3.05, 3.63) is 0 Å². The maximum Gasteiger partial charge on any atom is 0.472 e. The van der Waals surface area contributed by atoms with E-state index in [1.54, 1.807) is 0 Å². The normalized spacial score (nSPS) is 17.9. The van der Waals surface area contributed by atoms with Crippen molar-refractivity contribution in [1.82, 2.24) is 0 Å². The standard InChI is InChI=1S/C3H9O7P/c4-1-2(5)3(6)10-11(7,8)9/h2-6H,1H2,(H2,7,8,9). The summed E-state index contributed by atoms with van der Waals surface area (Å²) in [6.07, 6.45) is -3.80. The van der Waals surface area contributed by atoms with Crippen LogP contribution >= 0.6 is 7.82 Å². The van der Waals surface area contributed by atoms with Crippen LogP contribution in [0.5, 0.6) is 0 Å². The monoisotopic (exact) mass is 188 g/mol. The summed E-state index contributed by atoms with van der Waals surface area (Å²) in [6.45, 7) is -0.846. The molecule has 0 aromatic rings. The lowest BCUT2D eigenvalue weighted by atomic mass is 10.4. The molecule has 5 N–H and O–H groups in total. The van der Waals surface area contributed by atoms with Crippen molar-refractivity contribution in [3.8, 4) is 0 Å². The number of hydrogen-bond acceptors (Lipinski definition) is 5. The Labute approximate surface area is 62.1 Å². The maximum absolute atomic E-state index is 9.98. The predicted octanol–water partition coefficient (Wildman–Crippen LogP) is -2.23. The second kappa shape index (κ2) is 4.13. The van der Waals surface area contributed by atoms with E-state index in [1.807, 2.05) is 0 Å². The highest BCUT2D eigenvalue weighted by Gasteiger charge is 2.25. The van der Waals surface area contributed by atoms with Crippen LogP contribution in [0.2, 0.25) is 0 Å². The lowest BCUT2D eigenvalue weighted by Gasteiger charge is -2.15. The zero-order valence-electron chi connectivity index (χ0n) is 5.36. The molecule has 0 spiro atoms. The number of phosphoric ester groups is 1. The molecule has 2 unspecified atom stereocenters. The Bertz CT molecular complexity index is 152. The predicted molar refractivity (Wildman–Crippen MR) is 32.2 cm³/mol. The van der Waals surface area contributed by atoms with Crippen molar-refractivity contribution in [2.45, 2.75) is 12.4 Å². The fourth-order valence-electron chi connectivity index (χ4n) is 0.301. The van der Waals surface area contributed by atoms with E-state index in [-0.39, 0.29) is 0 Å². The molecule has 0 fully saturated rings. The van der Waals surface area contributed by atoms with Crippen molar-refractivity contribution in [2.24, 2.45) is 0 Å². The minimum absolute atomic E-state index is 0.846. The average Bonchev–Trinajstić information content (AvgIpc) is 1.82. The molecule has 11 heavy (non-hydrogen) atoms. The molecule has 0 aliphatic carbocycles. The Hall–Kier alpha value is -0.0100. The van der Waals surface area contributed by atoms with Gasteiger partial charge in [0.25, 0.3) is 0 Å².